The molecule has 0 spiro atoms. The van der Waals surface area contributed by atoms with Crippen LogP contribution in [0.4, 0.5) is 0 Å². The molecule has 1 aromatic heterocycles. The maximum Gasteiger partial charge on any atom is 0.209 e. The fourth-order valence-corrected chi connectivity index (χ4v) is 1.45. The molecule has 0 amide bonds. The second-order valence-corrected chi connectivity index (χ2v) is 3.30. The quantitative estimate of drug-likeness (QED) is 0.565. The first-order chi connectivity index (χ1) is 7.25. The van der Waals surface area contributed by atoms with Crippen LogP contribution in [-0.4, -0.2) is 16.5 Å². The molecule has 0 radical (unpaired) electrons. The highest BCUT2D eigenvalue weighted by Crippen LogP contribution is 2.11. The number of aromatic nitrogens is 1. The minimum Gasteiger partial charge on any atom is -0.265 e. The van der Waals surface area contributed by atoms with Gasteiger partial charge in [-0.05, 0) is 12.1 Å². The Morgan fingerprint density at radius 1 is 1.20 bits per heavy atom. The molecule has 0 N–H and O–H groups in total. The van der Waals surface area contributed by atoms with Gasteiger partial charge in [0.05, 0.1) is 11.9 Å². The lowest BCUT2D eigenvalue weighted by Gasteiger charge is -1.99. The van der Waals surface area contributed by atoms with Gasteiger partial charge in [0.25, 0.3) is 0 Å². The van der Waals surface area contributed by atoms with Crippen LogP contribution < -0.4 is 0 Å². The molecule has 0 atom stereocenters. The van der Waals surface area contributed by atoms with Crippen LogP contribution in [0.2, 0.25) is 0 Å². The number of benzene rings is 1. The maximum absolute atomic E-state index is 10.2. The molecule has 76 valence electrons. The topological polar surface area (TPSA) is 56.0 Å². The van der Waals surface area contributed by atoms with Gasteiger partial charge in [-0.3, -0.25) is 15.1 Å². The Balaban J connectivity index is 2.26. The molecule has 4 nitrogen and oxygen atoms in total. The van der Waals surface area contributed by atoms with Crippen LogP contribution in [0, 0.1) is 10.1 Å². The number of para-hydroxylation sites is 1. The van der Waals surface area contributed by atoms with E-state index in [0.717, 1.165) is 16.6 Å². The molecular formula is C11H10N2O2. The first-order valence-electron chi connectivity index (χ1n) is 4.72. The Kier molecular flexibility index (Phi) is 2.58. The predicted molar refractivity (Wildman–Crippen MR) is 57.3 cm³/mol. The summed E-state index contributed by atoms with van der Waals surface area (Å²) < 4.78 is 0. The van der Waals surface area contributed by atoms with E-state index in [1.54, 1.807) is 0 Å². The average Bonchev–Trinajstić information content (AvgIpc) is 2.26. The van der Waals surface area contributed by atoms with Gasteiger partial charge in [-0.2, -0.15) is 0 Å². The van der Waals surface area contributed by atoms with E-state index in [1.807, 2.05) is 36.4 Å². The standard InChI is InChI=1S/C11H10N2O2/c14-13(15)8-7-10-6-5-9-3-1-2-4-11(9)12-10/h1-6H,7-8H2. The zero-order valence-electron chi connectivity index (χ0n) is 8.09. The highest BCUT2D eigenvalue weighted by molar-refractivity contribution is 5.78. The third kappa shape index (κ3) is 2.28. The minimum atomic E-state index is -0.323. The third-order valence-electron chi connectivity index (χ3n) is 2.21. The molecule has 1 heterocycles. The van der Waals surface area contributed by atoms with Gasteiger partial charge in [-0.25, -0.2) is 0 Å². The van der Waals surface area contributed by atoms with Crippen LogP contribution in [0.5, 0.6) is 0 Å². The highest BCUT2D eigenvalue weighted by Gasteiger charge is 2.02. The van der Waals surface area contributed by atoms with E-state index >= 15 is 0 Å². The number of hydrogen-bond donors (Lipinski definition) is 0. The van der Waals surface area contributed by atoms with Crippen LogP contribution in [0.1, 0.15) is 5.69 Å². The smallest absolute Gasteiger partial charge is 0.209 e. The van der Waals surface area contributed by atoms with Crippen LogP contribution in [-0.2, 0) is 6.42 Å². The van der Waals surface area contributed by atoms with Gasteiger partial charge in [0.1, 0.15) is 0 Å². The molecule has 0 saturated heterocycles. The summed E-state index contributed by atoms with van der Waals surface area (Å²) in [6.45, 7) is -0.0641. The molecule has 1 aromatic carbocycles. The summed E-state index contributed by atoms with van der Waals surface area (Å²) in [7, 11) is 0. The van der Waals surface area contributed by atoms with Crippen molar-refractivity contribution >= 4 is 10.9 Å². The summed E-state index contributed by atoms with van der Waals surface area (Å²) in [5, 5.41) is 11.3. The van der Waals surface area contributed by atoms with Crippen molar-refractivity contribution in [3.05, 3.63) is 52.2 Å². The molecule has 4 heteroatoms. The minimum absolute atomic E-state index is 0.0641. The summed E-state index contributed by atoms with van der Waals surface area (Å²) in [4.78, 5) is 14.2. The summed E-state index contributed by atoms with van der Waals surface area (Å²) in [5.41, 5.74) is 1.66. The Morgan fingerprint density at radius 3 is 2.80 bits per heavy atom. The summed E-state index contributed by atoms with van der Waals surface area (Å²) in [5.74, 6) is 0. The molecule has 0 aliphatic rings. The lowest BCUT2D eigenvalue weighted by molar-refractivity contribution is -0.479. The molecule has 0 fully saturated rings. The third-order valence-corrected chi connectivity index (χ3v) is 2.21. The first kappa shape index (κ1) is 9.58. The van der Waals surface area contributed by atoms with E-state index in [9.17, 15) is 10.1 Å². The Hall–Kier alpha value is -1.97. The van der Waals surface area contributed by atoms with Crippen LogP contribution in [0.25, 0.3) is 10.9 Å². The lowest BCUT2D eigenvalue weighted by Crippen LogP contribution is -2.05. The van der Waals surface area contributed by atoms with Gasteiger partial charge >= 0.3 is 0 Å². The second kappa shape index (κ2) is 4.04. The number of nitro groups is 1. The number of nitrogens with zero attached hydrogens (tertiary/aromatic N) is 2. The second-order valence-electron chi connectivity index (χ2n) is 3.30. The van der Waals surface area contributed by atoms with Gasteiger partial charge in [-0.1, -0.05) is 24.3 Å². The van der Waals surface area contributed by atoms with E-state index in [2.05, 4.69) is 4.98 Å². The summed E-state index contributed by atoms with van der Waals surface area (Å²) in [6, 6.07) is 11.5. The van der Waals surface area contributed by atoms with Crippen molar-refractivity contribution in [3.63, 3.8) is 0 Å². The van der Waals surface area contributed by atoms with Crippen LogP contribution in [0.15, 0.2) is 36.4 Å². The zero-order chi connectivity index (χ0) is 10.7. The summed E-state index contributed by atoms with van der Waals surface area (Å²) in [6.07, 6.45) is 0.387. The molecule has 0 aliphatic carbocycles. The van der Waals surface area contributed by atoms with Crippen LogP contribution in [0.3, 0.4) is 0 Å². The number of hydrogen-bond acceptors (Lipinski definition) is 3. The molecule has 0 aliphatic heterocycles. The van der Waals surface area contributed by atoms with Crippen molar-refractivity contribution in [2.45, 2.75) is 6.42 Å². The first-order valence-corrected chi connectivity index (χ1v) is 4.72. The SMILES string of the molecule is O=[N+]([O-])CCc1ccc2ccccc2n1. The average molecular weight is 202 g/mol. The Bertz CT molecular complexity index is 497. The molecule has 2 aromatic rings. The molecule has 2 rings (SSSR count). The maximum atomic E-state index is 10.2. The predicted octanol–water partition coefficient (Wildman–Crippen LogP) is 2.05. The van der Waals surface area contributed by atoms with Gasteiger partial charge < -0.3 is 0 Å². The Morgan fingerprint density at radius 2 is 2.00 bits per heavy atom. The van der Waals surface area contributed by atoms with Crippen molar-refractivity contribution in [1.82, 2.24) is 4.98 Å². The number of pyridine rings is 1. The number of fused-ring (bicyclic) bond motifs is 1. The van der Waals surface area contributed by atoms with Gasteiger partial charge in [0.15, 0.2) is 0 Å². The highest BCUT2D eigenvalue weighted by atomic mass is 16.6. The Labute approximate surface area is 86.7 Å². The largest absolute Gasteiger partial charge is 0.265 e. The van der Waals surface area contributed by atoms with Crippen molar-refractivity contribution in [3.8, 4) is 0 Å². The van der Waals surface area contributed by atoms with Gasteiger partial charge in [-0.15, -0.1) is 0 Å². The van der Waals surface area contributed by atoms with E-state index in [0.29, 0.717) is 6.42 Å². The lowest BCUT2D eigenvalue weighted by atomic mass is 10.2. The molecule has 0 unspecified atom stereocenters. The fourth-order valence-electron chi connectivity index (χ4n) is 1.45. The molecule has 0 bridgehead atoms. The van der Waals surface area contributed by atoms with Crippen molar-refractivity contribution in [1.29, 1.82) is 0 Å². The molecular weight excluding hydrogens is 192 g/mol. The van der Waals surface area contributed by atoms with E-state index in [1.165, 1.54) is 0 Å². The summed E-state index contributed by atoms with van der Waals surface area (Å²) >= 11 is 0. The van der Waals surface area contributed by atoms with E-state index < -0.39 is 0 Å². The van der Waals surface area contributed by atoms with Crippen molar-refractivity contribution < 1.29 is 4.92 Å². The zero-order valence-corrected chi connectivity index (χ0v) is 8.09. The fraction of sp³-hybridized carbons (Fsp3) is 0.182. The van der Waals surface area contributed by atoms with E-state index in [-0.39, 0.29) is 11.5 Å². The normalized spacial score (nSPS) is 10.4. The van der Waals surface area contributed by atoms with Crippen LogP contribution >= 0.6 is 0 Å². The van der Waals surface area contributed by atoms with Crippen molar-refractivity contribution in [2.75, 3.05) is 6.54 Å². The monoisotopic (exact) mass is 202 g/mol. The number of rotatable bonds is 3. The molecule has 0 saturated carbocycles. The molecule has 15 heavy (non-hydrogen) atoms. The van der Waals surface area contributed by atoms with Crippen molar-refractivity contribution in [2.24, 2.45) is 0 Å². The van der Waals surface area contributed by atoms with Gasteiger partial charge in [0.2, 0.25) is 6.54 Å². The van der Waals surface area contributed by atoms with Gasteiger partial charge in [0, 0.05) is 16.0 Å². The van der Waals surface area contributed by atoms with E-state index in [4.69, 9.17) is 0 Å².